The lowest BCUT2D eigenvalue weighted by Gasteiger charge is -2.44. The van der Waals surface area contributed by atoms with E-state index in [0.29, 0.717) is 29.1 Å². The lowest BCUT2D eigenvalue weighted by Crippen LogP contribution is -2.54. The van der Waals surface area contributed by atoms with Crippen molar-refractivity contribution in [2.24, 2.45) is 7.05 Å². The number of halogens is 1. The number of methoxy groups -OCH3 is 1. The molecule has 1 atom stereocenters. The first-order chi connectivity index (χ1) is 33.4. The minimum absolute atomic E-state index is 0.0847. The van der Waals surface area contributed by atoms with Crippen LogP contribution in [0.25, 0.3) is 22.3 Å². The summed E-state index contributed by atoms with van der Waals surface area (Å²) < 4.78 is 8.61. The van der Waals surface area contributed by atoms with E-state index in [-0.39, 0.29) is 18.4 Å². The number of carbonyl (C=O) groups excluding carboxylic acids is 4. The molecule has 0 radical (unpaired) electrons. The zero-order chi connectivity index (χ0) is 47.9. The summed E-state index contributed by atoms with van der Waals surface area (Å²) in [5.74, 6) is -0.267. The van der Waals surface area contributed by atoms with Gasteiger partial charge in [-0.05, 0) is 101 Å². The van der Waals surface area contributed by atoms with Crippen LogP contribution in [-0.4, -0.2) is 125 Å². The number of imide groups is 2. The van der Waals surface area contributed by atoms with Gasteiger partial charge in [0.15, 0.2) is 0 Å². The van der Waals surface area contributed by atoms with Crippen molar-refractivity contribution in [2.45, 2.75) is 37.8 Å². The molecule has 4 amide bonds. The average Bonchev–Trinajstić information content (AvgIpc) is 3.91. The Kier molecular flexibility index (Phi) is 12.9. The number of hydrogen-bond acceptors (Lipinski definition) is 13. The third-order valence-electron chi connectivity index (χ3n) is 13.6. The largest absolute Gasteiger partial charge is 0.494 e. The molecule has 354 valence electrons. The fourth-order valence-corrected chi connectivity index (χ4v) is 11.2. The van der Waals surface area contributed by atoms with Crippen molar-refractivity contribution >= 4 is 87.3 Å². The second-order valence-corrected chi connectivity index (χ2v) is 21.1. The Balaban J connectivity index is 0.814. The van der Waals surface area contributed by atoms with E-state index in [4.69, 9.17) is 9.72 Å². The average molecular weight is 1010 g/mol. The molecule has 16 nitrogen and oxygen atoms in total. The molecule has 6 aromatic rings. The van der Waals surface area contributed by atoms with Crippen molar-refractivity contribution in [2.75, 3.05) is 80.1 Å². The van der Waals surface area contributed by atoms with Gasteiger partial charge in [-0.15, -0.1) is 0 Å². The van der Waals surface area contributed by atoms with Gasteiger partial charge in [0.1, 0.15) is 17.6 Å². The zero-order valence-corrected chi connectivity index (χ0v) is 41.4. The summed E-state index contributed by atoms with van der Waals surface area (Å²) >= 11 is 3.69. The van der Waals surface area contributed by atoms with Crippen LogP contribution in [0.1, 0.15) is 46.4 Å². The van der Waals surface area contributed by atoms with Gasteiger partial charge in [0.05, 0.1) is 34.6 Å². The molecule has 10 rings (SSSR count). The number of hydrogen-bond donors (Lipinski definition) is 3. The Morgan fingerprint density at radius 1 is 0.754 bits per heavy atom. The summed E-state index contributed by atoms with van der Waals surface area (Å²) in [4.78, 5) is 69.0. The van der Waals surface area contributed by atoms with E-state index < -0.39 is 37.6 Å². The first kappa shape index (κ1) is 46.1. The number of piperazine rings is 1. The molecular formula is C51H53BrN11O5P. The van der Waals surface area contributed by atoms with Crippen LogP contribution in [0.4, 0.5) is 34.5 Å². The quantitative estimate of drug-likeness (QED) is 0.0822. The number of piperidine rings is 2. The van der Waals surface area contributed by atoms with Gasteiger partial charge in [0, 0.05) is 105 Å². The number of anilines is 6. The van der Waals surface area contributed by atoms with Crippen molar-refractivity contribution in [3.05, 3.63) is 113 Å². The maximum Gasteiger partial charge on any atom is 0.262 e. The standard InChI is InChI=1S/C51H53BrN11O5P/c1-59-30-33(28-54-59)37-26-41(56-51-53-29-39(52)47(58-51)55-40-13-10-32(24-45(40)69(3)4)31-8-6-5-7-9-31)44(68-2)27-43(37)62-18-16-34(17-19-62)60-20-22-61(23-21-60)35-11-12-36-38(25-35)50(67)63(49(36)66)42-14-15-46(64)57-48(42)65/h5-13,24-30,34,42H,14-23H2,1-4H3,(H,57,64,65)(H2,53,55,56,58). The number of aryl methyl sites for hydroxylation is 1. The van der Waals surface area contributed by atoms with Gasteiger partial charge in [0.2, 0.25) is 17.8 Å². The van der Waals surface area contributed by atoms with Gasteiger partial charge in [-0.25, -0.2) is 4.98 Å². The van der Waals surface area contributed by atoms with E-state index >= 15 is 0 Å². The molecule has 2 aromatic heterocycles. The zero-order valence-electron chi connectivity index (χ0n) is 38.9. The summed E-state index contributed by atoms with van der Waals surface area (Å²) in [6, 6.07) is 25.9. The first-order valence-corrected chi connectivity index (χ1v) is 26.2. The van der Waals surface area contributed by atoms with Gasteiger partial charge in [-0.2, -0.15) is 10.1 Å². The van der Waals surface area contributed by atoms with Crippen molar-refractivity contribution < 1.29 is 23.9 Å². The van der Waals surface area contributed by atoms with Crippen LogP contribution in [0.15, 0.2) is 102 Å². The smallest absolute Gasteiger partial charge is 0.262 e. The number of amides is 4. The van der Waals surface area contributed by atoms with Crippen LogP contribution in [0, 0.1) is 0 Å². The maximum atomic E-state index is 13.5. The SMILES string of the molecule is COc1cc(N2CCC(N3CCN(c4ccc5c(c4)C(=O)N(C4CCC(=O)NC4=O)C5=O)CC3)CC2)c(-c2cnn(C)c2)cc1Nc1ncc(Br)c(Nc2ccc(-c3ccccc3)cc2P(C)C)n1. The fourth-order valence-electron chi connectivity index (χ4n) is 9.94. The van der Waals surface area contributed by atoms with E-state index in [1.165, 1.54) is 16.4 Å². The number of nitrogens with zero attached hydrogens (tertiary/aromatic N) is 8. The summed E-state index contributed by atoms with van der Waals surface area (Å²) in [6.07, 6.45) is 7.85. The fraction of sp³-hybridized carbons (Fsp3) is 0.314. The normalized spacial score (nSPS) is 17.9. The second-order valence-electron chi connectivity index (χ2n) is 18.0. The van der Waals surface area contributed by atoms with Crippen molar-refractivity contribution in [1.29, 1.82) is 0 Å². The number of benzene rings is 4. The van der Waals surface area contributed by atoms with E-state index in [9.17, 15) is 19.2 Å². The molecule has 4 aromatic carbocycles. The molecule has 3 N–H and O–H groups in total. The van der Waals surface area contributed by atoms with Gasteiger partial charge in [-0.3, -0.25) is 39.0 Å². The van der Waals surface area contributed by atoms with E-state index in [0.717, 1.165) is 95.4 Å². The molecular weight excluding hydrogens is 958 g/mol. The lowest BCUT2D eigenvalue weighted by atomic mass is 9.98. The minimum atomic E-state index is -0.987. The van der Waals surface area contributed by atoms with Crippen LogP contribution in [0.5, 0.6) is 5.75 Å². The number of aromatic nitrogens is 4. The lowest BCUT2D eigenvalue weighted by molar-refractivity contribution is -0.136. The minimum Gasteiger partial charge on any atom is -0.494 e. The predicted octanol–water partition coefficient (Wildman–Crippen LogP) is 7.36. The van der Waals surface area contributed by atoms with Gasteiger partial charge in [0.25, 0.3) is 11.8 Å². The molecule has 69 heavy (non-hydrogen) atoms. The monoisotopic (exact) mass is 1010 g/mol. The van der Waals surface area contributed by atoms with Crippen molar-refractivity contribution in [3.63, 3.8) is 0 Å². The Morgan fingerprint density at radius 2 is 1.52 bits per heavy atom. The summed E-state index contributed by atoms with van der Waals surface area (Å²) in [6.45, 7) is 9.50. The summed E-state index contributed by atoms with van der Waals surface area (Å²) in [7, 11) is 3.16. The summed E-state index contributed by atoms with van der Waals surface area (Å²) in [5, 5.41) is 15.1. The van der Waals surface area contributed by atoms with Crippen LogP contribution in [0.3, 0.4) is 0 Å². The highest BCUT2D eigenvalue weighted by molar-refractivity contribution is 9.10. The molecule has 0 aliphatic carbocycles. The van der Waals surface area contributed by atoms with Crippen LogP contribution in [-0.2, 0) is 16.6 Å². The number of ether oxygens (including phenoxy) is 1. The first-order valence-electron chi connectivity index (χ1n) is 23.2. The molecule has 4 aliphatic rings. The number of fused-ring (bicyclic) bond motifs is 1. The molecule has 3 saturated heterocycles. The van der Waals surface area contributed by atoms with Crippen molar-refractivity contribution in [1.82, 2.24) is 34.9 Å². The topological polar surface area (TPSA) is 170 Å². The van der Waals surface area contributed by atoms with E-state index in [2.05, 4.69) is 125 Å². The second kappa shape index (κ2) is 19.4. The molecule has 0 bridgehead atoms. The van der Waals surface area contributed by atoms with E-state index in [1.54, 1.807) is 25.4 Å². The summed E-state index contributed by atoms with van der Waals surface area (Å²) in [5.41, 5.74) is 8.61. The van der Waals surface area contributed by atoms with Crippen molar-refractivity contribution in [3.8, 4) is 28.0 Å². The van der Waals surface area contributed by atoms with E-state index in [1.807, 2.05) is 36.3 Å². The highest BCUT2D eigenvalue weighted by Gasteiger charge is 2.45. The molecule has 1 unspecified atom stereocenters. The van der Waals surface area contributed by atoms with Gasteiger partial charge >= 0.3 is 0 Å². The Labute approximate surface area is 410 Å². The Hall–Kier alpha value is -6.68. The molecule has 18 heteroatoms. The molecule has 0 saturated carbocycles. The number of rotatable bonds is 12. The third-order valence-corrected chi connectivity index (χ3v) is 15.5. The van der Waals surface area contributed by atoms with Gasteiger partial charge < -0.3 is 25.2 Å². The van der Waals surface area contributed by atoms with Gasteiger partial charge in [-0.1, -0.05) is 44.3 Å². The molecule has 6 heterocycles. The highest BCUT2D eigenvalue weighted by Crippen LogP contribution is 2.42. The Morgan fingerprint density at radius 3 is 2.23 bits per heavy atom. The Bertz CT molecular complexity index is 2970. The van der Waals surface area contributed by atoms with Crippen LogP contribution < -0.4 is 35.8 Å². The van der Waals surface area contributed by atoms with Crippen LogP contribution >= 0.6 is 23.9 Å². The number of carbonyl (C=O) groups is 4. The van der Waals surface area contributed by atoms with Crippen LogP contribution in [0.2, 0.25) is 0 Å². The molecule has 3 fully saturated rings. The predicted molar refractivity (Wildman–Crippen MR) is 274 cm³/mol. The molecule has 4 aliphatic heterocycles. The third kappa shape index (κ3) is 9.30. The highest BCUT2D eigenvalue weighted by atomic mass is 79.9. The number of nitrogens with one attached hydrogen (secondary N) is 3. The maximum absolute atomic E-state index is 13.5. The molecule has 0 spiro atoms.